The summed E-state index contributed by atoms with van der Waals surface area (Å²) in [6.45, 7) is 0. The molecule has 0 bridgehead atoms. The van der Waals surface area contributed by atoms with Crippen LogP contribution < -0.4 is 5.73 Å². The number of fused-ring (bicyclic) bond motifs is 1. The number of halogens is 2. The van der Waals surface area contributed by atoms with Crippen molar-refractivity contribution in [2.75, 3.05) is 0 Å². The van der Waals surface area contributed by atoms with E-state index in [-0.39, 0.29) is 18.0 Å². The van der Waals surface area contributed by atoms with Gasteiger partial charge in [0.15, 0.2) is 0 Å². The quantitative estimate of drug-likeness (QED) is 0.657. The minimum atomic E-state index is -2.69. The van der Waals surface area contributed by atoms with E-state index < -0.39 is 5.92 Å². The number of alkyl halides is 2. The van der Waals surface area contributed by atoms with Gasteiger partial charge in [-0.15, -0.1) is 0 Å². The van der Waals surface area contributed by atoms with Crippen LogP contribution in [0.2, 0.25) is 0 Å². The first-order valence-electron chi connectivity index (χ1n) is 4.34. The molecule has 0 saturated heterocycles. The number of benzene rings is 1. The van der Waals surface area contributed by atoms with Crippen LogP contribution >= 0.6 is 0 Å². The van der Waals surface area contributed by atoms with Crippen LogP contribution in [0.15, 0.2) is 24.3 Å². The number of hydrogen-bond donors (Lipinski definition) is 1. The van der Waals surface area contributed by atoms with E-state index in [9.17, 15) is 8.78 Å². The molecule has 0 amide bonds. The van der Waals surface area contributed by atoms with Crippen molar-refractivity contribution >= 4 is 0 Å². The second kappa shape index (κ2) is 2.77. The van der Waals surface area contributed by atoms with Crippen molar-refractivity contribution < 1.29 is 8.78 Å². The van der Waals surface area contributed by atoms with Crippen LogP contribution in [0, 0.1) is 0 Å². The maximum Gasteiger partial charge on any atom is 0.273 e. The zero-order valence-electron chi connectivity index (χ0n) is 7.13. The third kappa shape index (κ3) is 1.33. The minimum Gasteiger partial charge on any atom is -0.324 e. The van der Waals surface area contributed by atoms with Crippen molar-refractivity contribution in [3.05, 3.63) is 35.4 Å². The molecule has 13 heavy (non-hydrogen) atoms. The summed E-state index contributed by atoms with van der Waals surface area (Å²) in [5.74, 6) is -2.69. The van der Waals surface area contributed by atoms with E-state index in [2.05, 4.69) is 0 Å². The van der Waals surface area contributed by atoms with Crippen molar-refractivity contribution in [2.45, 2.75) is 24.8 Å². The Hall–Kier alpha value is -0.960. The smallest absolute Gasteiger partial charge is 0.273 e. The fourth-order valence-corrected chi connectivity index (χ4v) is 1.78. The molecule has 1 aliphatic rings. The van der Waals surface area contributed by atoms with Gasteiger partial charge in [0.2, 0.25) is 0 Å². The Labute approximate surface area is 75.6 Å². The highest BCUT2D eigenvalue weighted by Gasteiger charge is 2.38. The van der Waals surface area contributed by atoms with Gasteiger partial charge < -0.3 is 5.73 Å². The SMILES string of the molecule is N[C@H]1CCC(F)(F)c2ccccc21. The number of rotatable bonds is 0. The first kappa shape index (κ1) is 8.63. The van der Waals surface area contributed by atoms with Crippen LogP contribution in [0.25, 0.3) is 0 Å². The predicted molar refractivity (Wildman–Crippen MR) is 46.5 cm³/mol. The minimum absolute atomic E-state index is 0.105. The number of hydrogen-bond acceptors (Lipinski definition) is 1. The van der Waals surface area contributed by atoms with Gasteiger partial charge in [-0.05, 0) is 12.0 Å². The average molecular weight is 183 g/mol. The molecule has 0 fully saturated rings. The third-order valence-corrected chi connectivity index (χ3v) is 2.52. The molecule has 2 rings (SSSR count). The summed E-state index contributed by atoms with van der Waals surface area (Å²) in [5.41, 5.74) is 6.44. The topological polar surface area (TPSA) is 26.0 Å². The highest BCUT2D eigenvalue weighted by atomic mass is 19.3. The predicted octanol–water partition coefficient (Wildman–Crippen LogP) is 2.57. The molecule has 1 nitrogen and oxygen atoms in total. The summed E-state index contributed by atoms with van der Waals surface area (Å²) in [6, 6.07) is 6.31. The van der Waals surface area contributed by atoms with E-state index in [1.807, 2.05) is 0 Å². The summed E-state index contributed by atoms with van der Waals surface area (Å²) in [5, 5.41) is 0. The van der Waals surface area contributed by atoms with Gasteiger partial charge in [-0.25, -0.2) is 8.78 Å². The molecule has 0 aliphatic heterocycles. The highest BCUT2D eigenvalue weighted by Crippen LogP contribution is 2.42. The Morgan fingerprint density at radius 2 is 2.00 bits per heavy atom. The lowest BCUT2D eigenvalue weighted by molar-refractivity contribution is -0.0250. The first-order valence-corrected chi connectivity index (χ1v) is 4.34. The van der Waals surface area contributed by atoms with Gasteiger partial charge in [0, 0.05) is 18.0 Å². The lowest BCUT2D eigenvalue weighted by atomic mass is 9.85. The molecule has 0 spiro atoms. The molecule has 3 heteroatoms. The largest absolute Gasteiger partial charge is 0.324 e. The van der Waals surface area contributed by atoms with Crippen LogP contribution in [-0.4, -0.2) is 0 Å². The monoisotopic (exact) mass is 183 g/mol. The van der Waals surface area contributed by atoms with Gasteiger partial charge in [-0.1, -0.05) is 24.3 Å². The Morgan fingerprint density at radius 3 is 2.69 bits per heavy atom. The van der Waals surface area contributed by atoms with Crippen molar-refractivity contribution in [1.82, 2.24) is 0 Å². The van der Waals surface area contributed by atoms with E-state index in [4.69, 9.17) is 5.73 Å². The molecule has 1 aromatic carbocycles. The molecule has 0 heterocycles. The third-order valence-electron chi connectivity index (χ3n) is 2.52. The average Bonchev–Trinajstić information content (AvgIpc) is 2.13. The van der Waals surface area contributed by atoms with E-state index in [1.54, 1.807) is 18.2 Å². The Balaban J connectivity index is 2.55. The van der Waals surface area contributed by atoms with Gasteiger partial charge >= 0.3 is 0 Å². The summed E-state index contributed by atoms with van der Waals surface area (Å²) < 4.78 is 26.6. The van der Waals surface area contributed by atoms with Crippen LogP contribution in [0.1, 0.15) is 30.0 Å². The van der Waals surface area contributed by atoms with E-state index in [1.165, 1.54) is 6.07 Å². The molecule has 70 valence electrons. The Morgan fingerprint density at radius 1 is 1.31 bits per heavy atom. The summed E-state index contributed by atoms with van der Waals surface area (Å²) in [4.78, 5) is 0. The van der Waals surface area contributed by atoms with Gasteiger partial charge in [0.25, 0.3) is 5.92 Å². The second-order valence-corrected chi connectivity index (χ2v) is 3.44. The molecule has 1 atom stereocenters. The zero-order chi connectivity index (χ0) is 9.47. The summed E-state index contributed by atoms with van der Waals surface area (Å²) in [7, 11) is 0. The Kier molecular flexibility index (Phi) is 1.84. The second-order valence-electron chi connectivity index (χ2n) is 3.44. The van der Waals surface area contributed by atoms with Crippen molar-refractivity contribution in [3.8, 4) is 0 Å². The van der Waals surface area contributed by atoms with Gasteiger partial charge in [0.1, 0.15) is 0 Å². The fourth-order valence-electron chi connectivity index (χ4n) is 1.78. The normalized spacial score (nSPS) is 25.3. The first-order chi connectivity index (χ1) is 6.11. The zero-order valence-corrected chi connectivity index (χ0v) is 7.13. The molecular formula is C10H11F2N. The lowest BCUT2D eigenvalue weighted by Gasteiger charge is -2.29. The van der Waals surface area contributed by atoms with Gasteiger partial charge in [0.05, 0.1) is 0 Å². The van der Waals surface area contributed by atoms with Crippen LogP contribution in [0.5, 0.6) is 0 Å². The van der Waals surface area contributed by atoms with Crippen molar-refractivity contribution in [1.29, 1.82) is 0 Å². The fraction of sp³-hybridized carbons (Fsp3) is 0.400. The van der Waals surface area contributed by atoms with E-state index in [0.717, 1.165) is 0 Å². The van der Waals surface area contributed by atoms with Gasteiger partial charge in [-0.2, -0.15) is 0 Å². The summed E-state index contributed by atoms with van der Waals surface area (Å²) >= 11 is 0. The summed E-state index contributed by atoms with van der Waals surface area (Å²) in [6.07, 6.45) is 0.231. The molecule has 0 radical (unpaired) electrons. The van der Waals surface area contributed by atoms with Crippen LogP contribution in [0.3, 0.4) is 0 Å². The maximum atomic E-state index is 13.3. The van der Waals surface area contributed by atoms with Gasteiger partial charge in [-0.3, -0.25) is 0 Å². The Bertz CT molecular complexity index is 322. The molecule has 2 N–H and O–H groups in total. The molecule has 0 saturated carbocycles. The van der Waals surface area contributed by atoms with E-state index >= 15 is 0 Å². The molecule has 1 aromatic rings. The van der Waals surface area contributed by atoms with Crippen LogP contribution in [0.4, 0.5) is 8.78 Å². The maximum absolute atomic E-state index is 13.3. The van der Waals surface area contributed by atoms with Crippen LogP contribution in [-0.2, 0) is 5.92 Å². The standard InChI is InChI=1S/C10H11F2N/c11-10(12)6-5-9(13)7-3-1-2-4-8(7)10/h1-4,9H,5-6,13H2/t9-/m0/s1. The molecule has 1 aliphatic carbocycles. The lowest BCUT2D eigenvalue weighted by Crippen LogP contribution is -2.27. The molecule has 0 aromatic heterocycles. The number of nitrogens with two attached hydrogens (primary N) is 1. The van der Waals surface area contributed by atoms with E-state index in [0.29, 0.717) is 12.0 Å². The van der Waals surface area contributed by atoms with Crippen molar-refractivity contribution in [3.63, 3.8) is 0 Å². The highest BCUT2D eigenvalue weighted by molar-refractivity contribution is 5.35. The molecular weight excluding hydrogens is 172 g/mol. The molecule has 0 unspecified atom stereocenters. The van der Waals surface area contributed by atoms with Crippen molar-refractivity contribution in [2.24, 2.45) is 5.73 Å².